The zero-order chi connectivity index (χ0) is 12.1. The lowest BCUT2D eigenvalue weighted by Gasteiger charge is -2.12. The van der Waals surface area contributed by atoms with Crippen molar-refractivity contribution < 1.29 is 0 Å². The van der Waals surface area contributed by atoms with Crippen LogP contribution in [0.3, 0.4) is 0 Å². The highest BCUT2D eigenvalue weighted by molar-refractivity contribution is 5.08. The van der Waals surface area contributed by atoms with Gasteiger partial charge in [0.2, 0.25) is 0 Å². The van der Waals surface area contributed by atoms with Gasteiger partial charge in [0.15, 0.2) is 0 Å². The van der Waals surface area contributed by atoms with Gasteiger partial charge in [-0.15, -0.1) is 0 Å². The van der Waals surface area contributed by atoms with Crippen LogP contribution in [-0.4, -0.2) is 21.3 Å². The van der Waals surface area contributed by atoms with E-state index in [2.05, 4.69) is 22.3 Å². The van der Waals surface area contributed by atoms with Crippen LogP contribution in [0.2, 0.25) is 0 Å². The lowest BCUT2D eigenvalue weighted by atomic mass is 10.2. The number of hydrogen-bond donors (Lipinski definition) is 1. The first-order valence-electron chi connectivity index (χ1n) is 5.88. The molecule has 2 aromatic rings. The van der Waals surface area contributed by atoms with Gasteiger partial charge in [-0.25, -0.2) is 0 Å². The second-order valence-corrected chi connectivity index (χ2v) is 4.13. The molecule has 17 heavy (non-hydrogen) atoms. The van der Waals surface area contributed by atoms with Crippen molar-refractivity contribution >= 4 is 0 Å². The second kappa shape index (κ2) is 5.59. The number of aryl methyl sites for hydroxylation is 1. The molecule has 0 fully saturated rings. The molecular formula is C13H18N4. The Bertz CT molecular complexity index is 449. The van der Waals surface area contributed by atoms with Gasteiger partial charge in [-0.05, 0) is 25.1 Å². The molecule has 0 saturated carbocycles. The molecule has 0 amide bonds. The van der Waals surface area contributed by atoms with Gasteiger partial charge < -0.3 is 5.32 Å². The van der Waals surface area contributed by atoms with Crippen LogP contribution in [0.5, 0.6) is 0 Å². The standard InChI is InChI=1S/C13H18N4/c1-11(13-5-3-4-8-15-13)14-9-6-12-7-10-16-17(12)2/h3-5,7-8,10-11,14H,6,9H2,1-2H3. The molecule has 2 rings (SSSR count). The van der Waals surface area contributed by atoms with E-state index < -0.39 is 0 Å². The van der Waals surface area contributed by atoms with E-state index in [9.17, 15) is 0 Å². The zero-order valence-corrected chi connectivity index (χ0v) is 10.3. The van der Waals surface area contributed by atoms with Crippen molar-refractivity contribution in [1.29, 1.82) is 0 Å². The van der Waals surface area contributed by atoms with Gasteiger partial charge in [-0.1, -0.05) is 6.07 Å². The summed E-state index contributed by atoms with van der Waals surface area (Å²) in [4.78, 5) is 4.33. The molecule has 0 aliphatic heterocycles. The van der Waals surface area contributed by atoms with E-state index in [0.717, 1.165) is 18.7 Å². The smallest absolute Gasteiger partial charge is 0.0570 e. The third kappa shape index (κ3) is 3.14. The molecule has 4 heteroatoms. The van der Waals surface area contributed by atoms with Crippen LogP contribution < -0.4 is 5.32 Å². The van der Waals surface area contributed by atoms with E-state index in [1.165, 1.54) is 5.69 Å². The molecule has 2 heterocycles. The van der Waals surface area contributed by atoms with Gasteiger partial charge in [0.1, 0.15) is 0 Å². The van der Waals surface area contributed by atoms with Crippen molar-refractivity contribution in [3.05, 3.63) is 48.0 Å². The molecule has 4 nitrogen and oxygen atoms in total. The van der Waals surface area contributed by atoms with E-state index in [0.29, 0.717) is 0 Å². The van der Waals surface area contributed by atoms with Crippen LogP contribution in [0, 0.1) is 0 Å². The predicted molar refractivity (Wildman–Crippen MR) is 67.6 cm³/mol. The molecule has 2 aromatic heterocycles. The quantitative estimate of drug-likeness (QED) is 0.850. The fourth-order valence-electron chi connectivity index (χ4n) is 1.80. The number of nitrogens with one attached hydrogen (secondary N) is 1. The Labute approximate surface area is 102 Å². The predicted octanol–water partition coefficient (Wildman–Crippen LogP) is 1.71. The Morgan fingerprint density at radius 3 is 2.82 bits per heavy atom. The number of hydrogen-bond acceptors (Lipinski definition) is 3. The summed E-state index contributed by atoms with van der Waals surface area (Å²) < 4.78 is 1.91. The minimum atomic E-state index is 0.282. The van der Waals surface area contributed by atoms with E-state index >= 15 is 0 Å². The normalized spacial score (nSPS) is 12.6. The van der Waals surface area contributed by atoms with E-state index in [4.69, 9.17) is 0 Å². The molecule has 1 unspecified atom stereocenters. The summed E-state index contributed by atoms with van der Waals surface area (Å²) in [6, 6.07) is 8.33. The Morgan fingerprint density at radius 1 is 1.29 bits per heavy atom. The van der Waals surface area contributed by atoms with Crippen LogP contribution in [0.1, 0.15) is 24.4 Å². The maximum absolute atomic E-state index is 4.33. The van der Waals surface area contributed by atoms with Crippen molar-refractivity contribution in [2.45, 2.75) is 19.4 Å². The lowest BCUT2D eigenvalue weighted by Crippen LogP contribution is -2.22. The Hall–Kier alpha value is -1.68. The molecular weight excluding hydrogens is 212 g/mol. The maximum atomic E-state index is 4.33. The first kappa shape index (κ1) is 11.8. The number of rotatable bonds is 5. The summed E-state index contributed by atoms with van der Waals surface area (Å²) in [5, 5.41) is 7.61. The maximum Gasteiger partial charge on any atom is 0.0570 e. The van der Waals surface area contributed by atoms with Crippen LogP contribution in [0.4, 0.5) is 0 Å². The second-order valence-electron chi connectivity index (χ2n) is 4.13. The molecule has 0 bridgehead atoms. The number of nitrogens with zero attached hydrogens (tertiary/aromatic N) is 3. The summed E-state index contributed by atoms with van der Waals surface area (Å²) >= 11 is 0. The van der Waals surface area contributed by atoms with Crippen molar-refractivity contribution in [3.63, 3.8) is 0 Å². The monoisotopic (exact) mass is 230 g/mol. The van der Waals surface area contributed by atoms with Gasteiger partial charge in [-0.2, -0.15) is 5.10 Å². The molecule has 0 aliphatic rings. The molecule has 0 spiro atoms. The van der Waals surface area contributed by atoms with Gasteiger partial charge in [0.25, 0.3) is 0 Å². The molecule has 1 N–H and O–H groups in total. The molecule has 0 saturated heterocycles. The topological polar surface area (TPSA) is 42.7 Å². The van der Waals surface area contributed by atoms with Crippen molar-refractivity contribution in [1.82, 2.24) is 20.1 Å². The van der Waals surface area contributed by atoms with Crippen molar-refractivity contribution in [3.8, 4) is 0 Å². The largest absolute Gasteiger partial charge is 0.308 e. The number of pyridine rings is 1. The number of aromatic nitrogens is 3. The van der Waals surface area contributed by atoms with Crippen LogP contribution in [0.25, 0.3) is 0 Å². The van der Waals surface area contributed by atoms with Crippen molar-refractivity contribution in [2.75, 3.05) is 6.54 Å². The van der Waals surface area contributed by atoms with Gasteiger partial charge in [-0.3, -0.25) is 9.67 Å². The Kier molecular flexibility index (Phi) is 3.88. The summed E-state index contributed by atoms with van der Waals surface area (Å²) in [6.45, 7) is 3.06. The van der Waals surface area contributed by atoms with E-state index in [1.54, 1.807) is 0 Å². The van der Waals surface area contributed by atoms with Crippen molar-refractivity contribution in [2.24, 2.45) is 7.05 Å². The SMILES string of the molecule is CC(NCCc1ccnn1C)c1ccccn1. The molecule has 0 radical (unpaired) electrons. The highest BCUT2D eigenvalue weighted by Gasteiger charge is 2.05. The molecule has 0 aromatic carbocycles. The summed E-state index contributed by atoms with van der Waals surface area (Å²) in [5.74, 6) is 0. The fraction of sp³-hybridized carbons (Fsp3) is 0.385. The molecule has 90 valence electrons. The van der Waals surface area contributed by atoms with Crippen LogP contribution in [-0.2, 0) is 13.5 Å². The summed E-state index contributed by atoms with van der Waals surface area (Å²) in [7, 11) is 1.97. The Balaban J connectivity index is 1.81. The highest BCUT2D eigenvalue weighted by atomic mass is 15.3. The molecule has 1 atom stereocenters. The zero-order valence-electron chi connectivity index (χ0n) is 10.3. The van der Waals surface area contributed by atoms with E-state index in [1.807, 2.05) is 48.4 Å². The lowest BCUT2D eigenvalue weighted by molar-refractivity contribution is 0.553. The van der Waals surface area contributed by atoms with Crippen LogP contribution in [0.15, 0.2) is 36.7 Å². The fourth-order valence-corrected chi connectivity index (χ4v) is 1.80. The highest BCUT2D eigenvalue weighted by Crippen LogP contribution is 2.07. The van der Waals surface area contributed by atoms with Gasteiger partial charge >= 0.3 is 0 Å². The molecule has 0 aliphatic carbocycles. The third-order valence-electron chi connectivity index (χ3n) is 2.89. The van der Waals surface area contributed by atoms with Gasteiger partial charge in [0.05, 0.1) is 5.69 Å². The van der Waals surface area contributed by atoms with Gasteiger partial charge in [0, 0.05) is 44.1 Å². The summed E-state index contributed by atoms with van der Waals surface area (Å²) in [6.07, 6.45) is 4.64. The first-order valence-corrected chi connectivity index (χ1v) is 5.88. The first-order chi connectivity index (χ1) is 8.27. The third-order valence-corrected chi connectivity index (χ3v) is 2.89. The van der Waals surface area contributed by atoms with E-state index in [-0.39, 0.29) is 6.04 Å². The average Bonchev–Trinajstić information content (AvgIpc) is 2.76. The Morgan fingerprint density at radius 2 is 2.18 bits per heavy atom. The minimum Gasteiger partial charge on any atom is -0.308 e. The average molecular weight is 230 g/mol. The summed E-state index contributed by atoms with van der Waals surface area (Å²) in [5.41, 5.74) is 2.32. The van der Waals surface area contributed by atoms with Crippen LogP contribution >= 0.6 is 0 Å². The minimum absolute atomic E-state index is 0.282.